The van der Waals surface area contributed by atoms with Crippen LogP contribution in [0.1, 0.15) is 12.8 Å². The van der Waals surface area contributed by atoms with Gasteiger partial charge in [0.25, 0.3) is 6.61 Å². The minimum Gasteiger partial charge on any atom is -0.343 e. The van der Waals surface area contributed by atoms with Crippen molar-refractivity contribution in [2.24, 2.45) is 0 Å². The molecule has 0 heterocycles. The van der Waals surface area contributed by atoms with Gasteiger partial charge in [0.1, 0.15) is 0 Å². The second kappa shape index (κ2) is 5.45. The van der Waals surface area contributed by atoms with Gasteiger partial charge in [0, 0.05) is 13.0 Å². The fourth-order valence-corrected chi connectivity index (χ4v) is 0.246. The van der Waals surface area contributed by atoms with Crippen LogP contribution in [0.5, 0.6) is 0 Å². The summed E-state index contributed by atoms with van der Waals surface area (Å²) in [6.07, 6.45) is 1.91. The molecule has 0 spiro atoms. The first-order valence-electron chi connectivity index (χ1n) is 2.35. The lowest BCUT2D eigenvalue weighted by atomic mass is 10.4. The Balaban J connectivity index is 2.83. The largest absolute Gasteiger partial charge is 0.343 e. The molecule has 40 valence electrons. The van der Waals surface area contributed by atoms with E-state index in [1.54, 1.807) is 0 Å². The van der Waals surface area contributed by atoms with E-state index >= 15 is 0 Å². The highest BCUT2D eigenvalue weighted by Gasteiger charge is 1.80. The fraction of sp³-hybridized carbons (Fsp3) is 0.500. The maximum absolute atomic E-state index is 4.67. The summed E-state index contributed by atoms with van der Waals surface area (Å²) in [5, 5.41) is 0. The fourth-order valence-electron chi connectivity index (χ4n) is 0.246. The van der Waals surface area contributed by atoms with E-state index in [2.05, 4.69) is 23.9 Å². The highest BCUT2D eigenvalue weighted by atomic mass is 16.4. The van der Waals surface area contributed by atoms with Crippen LogP contribution in [0, 0.1) is 6.92 Å². The lowest BCUT2D eigenvalue weighted by Crippen LogP contribution is -1.80. The summed E-state index contributed by atoms with van der Waals surface area (Å²) in [7, 11) is 0. The average molecular weight is 98.1 g/mol. The van der Waals surface area contributed by atoms with Crippen molar-refractivity contribution in [3.05, 3.63) is 13.5 Å². The lowest BCUT2D eigenvalue weighted by Gasteiger charge is -1.80. The summed E-state index contributed by atoms with van der Waals surface area (Å²) < 4.78 is 4.67. The molecule has 1 heteroatoms. The third-order valence-electron chi connectivity index (χ3n) is 0.598. The van der Waals surface area contributed by atoms with Crippen molar-refractivity contribution < 1.29 is 4.42 Å². The molecule has 7 heavy (non-hydrogen) atoms. The van der Waals surface area contributed by atoms with Crippen molar-refractivity contribution in [3.8, 4) is 0 Å². The normalized spacial score (nSPS) is 7.57. The molecule has 0 radical (unpaired) electrons. The number of unbranched alkanes of at least 4 members (excludes halogenated alkanes) is 1. The van der Waals surface area contributed by atoms with Crippen LogP contribution in [0.15, 0.2) is 6.58 Å². The minimum atomic E-state index is 0.701. The van der Waals surface area contributed by atoms with Gasteiger partial charge in [0.05, 0.1) is 0 Å². The number of hydrogen-bond acceptors (Lipinski definition) is 0. The SMILES string of the molecule is C=C=[O+]CCC[CH2-]. The summed E-state index contributed by atoms with van der Waals surface area (Å²) >= 11 is 0. The Labute approximate surface area is 44.4 Å². The predicted octanol–water partition coefficient (Wildman–Crippen LogP) is 1.15. The molecular weight excluding hydrogens is 88.1 g/mol. The van der Waals surface area contributed by atoms with Crippen LogP contribution in [-0.2, 0) is 4.42 Å². The highest BCUT2D eigenvalue weighted by molar-refractivity contribution is 5.39. The van der Waals surface area contributed by atoms with Gasteiger partial charge in [-0.3, -0.25) is 0 Å². The molecule has 0 aliphatic heterocycles. The van der Waals surface area contributed by atoms with Crippen LogP contribution >= 0.6 is 0 Å². The second-order valence-electron chi connectivity index (χ2n) is 1.20. The van der Waals surface area contributed by atoms with Crippen LogP contribution in [0.2, 0.25) is 0 Å². The van der Waals surface area contributed by atoms with Crippen molar-refractivity contribution in [1.29, 1.82) is 0 Å². The molecule has 0 saturated heterocycles. The van der Waals surface area contributed by atoms with Gasteiger partial charge >= 0.3 is 5.94 Å². The Morgan fingerprint density at radius 1 is 1.71 bits per heavy atom. The number of carbonyl (C=O) groups excluding carboxylic acids is 1. The molecule has 0 bridgehead atoms. The molecular formula is C6H10O. The zero-order valence-corrected chi connectivity index (χ0v) is 4.44. The van der Waals surface area contributed by atoms with E-state index in [0.29, 0.717) is 6.61 Å². The smallest absolute Gasteiger partial charge is 0.336 e. The quantitative estimate of drug-likeness (QED) is 0.217. The minimum absolute atomic E-state index is 0.701. The van der Waals surface area contributed by atoms with Gasteiger partial charge in [0.15, 0.2) is 0 Å². The molecule has 0 aliphatic rings. The Bertz CT molecular complexity index is 70.2. The standard InChI is InChI=1S/C6H10O/c1-3-5-6-7-4-2/h1-3,5-6H2. The third kappa shape index (κ3) is 5.45. The van der Waals surface area contributed by atoms with Crippen molar-refractivity contribution in [1.82, 2.24) is 0 Å². The maximum Gasteiger partial charge on any atom is 0.336 e. The van der Waals surface area contributed by atoms with Gasteiger partial charge in [-0.05, 0) is 0 Å². The first-order chi connectivity index (χ1) is 3.41. The first kappa shape index (κ1) is 6.45. The van der Waals surface area contributed by atoms with Crippen molar-refractivity contribution >= 4 is 5.94 Å². The molecule has 0 amide bonds. The molecule has 0 fully saturated rings. The highest BCUT2D eigenvalue weighted by Crippen LogP contribution is 1.80. The topological polar surface area (TPSA) is 11.3 Å². The van der Waals surface area contributed by atoms with E-state index in [0.717, 1.165) is 12.8 Å². The van der Waals surface area contributed by atoms with E-state index in [1.165, 1.54) is 0 Å². The van der Waals surface area contributed by atoms with E-state index < -0.39 is 0 Å². The van der Waals surface area contributed by atoms with Gasteiger partial charge in [-0.15, -0.1) is 0 Å². The van der Waals surface area contributed by atoms with Gasteiger partial charge in [-0.2, -0.15) is 6.42 Å². The maximum atomic E-state index is 4.67. The first-order valence-corrected chi connectivity index (χ1v) is 2.35. The van der Waals surface area contributed by atoms with Crippen LogP contribution in [0.25, 0.3) is 0 Å². The number of rotatable bonds is 3. The van der Waals surface area contributed by atoms with E-state index in [-0.39, 0.29) is 0 Å². The molecule has 0 aromatic rings. The monoisotopic (exact) mass is 98.1 g/mol. The van der Waals surface area contributed by atoms with E-state index in [4.69, 9.17) is 0 Å². The predicted molar refractivity (Wildman–Crippen MR) is 30.8 cm³/mol. The average Bonchev–Trinajstić information content (AvgIpc) is 1.69. The molecule has 0 atom stereocenters. The molecule has 0 aromatic carbocycles. The second-order valence-corrected chi connectivity index (χ2v) is 1.20. The Hall–Kier alpha value is -0.550. The molecule has 0 N–H and O–H groups in total. The van der Waals surface area contributed by atoms with Crippen LogP contribution in [0.3, 0.4) is 0 Å². The van der Waals surface area contributed by atoms with E-state index in [9.17, 15) is 0 Å². The molecule has 0 unspecified atom stereocenters. The summed E-state index contributed by atoms with van der Waals surface area (Å²) in [5.41, 5.74) is 0. The third-order valence-corrected chi connectivity index (χ3v) is 0.598. The zero-order chi connectivity index (χ0) is 5.54. The Morgan fingerprint density at radius 2 is 2.43 bits per heavy atom. The Morgan fingerprint density at radius 3 is 2.86 bits per heavy atom. The lowest BCUT2D eigenvalue weighted by molar-refractivity contribution is 0.110. The molecule has 0 aromatic heterocycles. The Kier molecular flexibility index (Phi) is 5.02. The van der Waals surface area contributed by atoms with Gasteiger partial charge in [-0.1, -0.05) is 0 Å². The van der Waals surface area contributed by atoms with Crippen LogP contribution < -0.4 is 0 Å². The van der Waals surface area contributed by atoms with Crippen LogP contribution in [-0.4, -0.2) is 12.5 Å². The summed E-state index contributed by atoms with van der Waals surface area (Å²) in [6.45, 7) is 7.60. The van der Waals surface area contributed by atoms with Gasteiger partial charge in [0.2, 0.25) is 0 Å². The van der Waals surface area contributed by atoms with Crippen molar-refractivity contribution in [2.75, 3.05) is 6.61 Å². The molecule has 0 saturated carbocycles. The number of hydrogen-bond donors (Lipinski definition) is 0. The van der Waals surface area contributed by atoms with Gasteiger partial charge in [-0.25, -0.2) is 4.42 Å². The van der Waals surface area contributed by atoms with E-state index in [1.807, 2.05) is 0 Å². The summed E-state index contributed by atoms with van der Waals surface area (Å²) in [5.74, 6) is 2.32. The van der Waals surface area contributed by atoms with Gasteiger partial charge < -0.3 is 6.92 Å². The molecule has 0 aliphatic carbocycles. The molecule has 1 nitrogen and oxygen atoms in total. The van der Waals surface area contributed by atoms with Crippen LogP contribution in [0.4, 0.5) is 0 Å². The van der Waals surface area contributed by atoms with Crippen molar-refractivity contribution in [2.45, 2.75) is 12.8 Å². The van der Waals surface area contributed by atoms with Crippen molar-refractivity contribution in [3.63, 3.8) is 0 Å². The summed E-state index contributed by atoms with van der Waals surface area (Å²) in [6, 6.07) is 0. The zero-order valence-electron chi connectivity index (χ0n) is 4.44. The molecule has 0 rings (SSSR count). The summed E-state index contributed by atoms with van der Waals surface area (Å²) in [4.78, 5) is 0.